The van der Waals surface area contributed by atoms with Gasteiger partial charge in [-0.3, -0.25) is 0 Å². The van der Waals surface area contributed by atoms with Crippen molar-refractivity contribution in [2.45, 2.75) is 13.3 Å². The van der Waals surface area contributed by atoms with Gasteiger partial charge in [-0.05, 0) is 35.8 Å². The first-order valence-corrected chi connectivity index (χ1v) is 6.94. The van der Waals surface area contributed by atoms with E-state index >= 15 is 0 Å². The summed E-state index contributed by atoms with van der Waals surface area (Å²) in [6.45, 7) is 2.69. The molecule has 108 valence electrons. The van der Waals surface area contributed by atoms with E-state index in [4.69, 9.17) is 4.74 Å². The first-order valence-electron chi connectivity index (χ1n) is 6.94. The summed E-state index contributed by atoms with van der Waals surface area (Å²) in [5, 5.41) is 9.40. The second kappa shape index (κ2) is 7.29. The third-order valence-corrected chi connectivity index (χ3v) is 2.96. The number of aliphatic carboxylic acids is 1. The van der Waals surface area contributed by atoms with Gasteiger partial charge in [0.05, 0.1) is 12.2 Å². The Morgan fingerprint density at radius 2 is 1.90 bits per heavy atom. The van der Waals surface area contributed by atoms with Crippen molar-refractivity contribution < 1.29 is 14.6 Å². The standard InChI is InChI=1S/C18H18O3/c1-2-11-21-16-10-6-7-14(12-16)13-17(18(19)20)15-8-4-3-5-9-15/h3-10,12-13H,2,11H2,1H3,(H,19,20). The Labute approximate surface area is 124 Å². The van der Waals surface area contributed by atoms with E-state index in [1.807, 2.05) is 49.4 Å². The van der Waals surface area contributed by atoms with Crippen LogP contribution in [0.4, 0.5) is 0 Å². The van der Waals surface area contributed by atoms with Crippen molar-refractivity contribution in [2.75, 3.05) is 6.61 Å². The molecule has 0 radical (unpaired) electrons. The fourth-order valence-corrected chi connectivity index (χ4v) is 1.97. The molecule has 2 rings (SSSR count). The van der Waals surface area contributed by atoms with Crippen LogP contribution in [0.2, 0.25) is 0 Å². The van der Waals surface area contributed by atoms with Gasteiger partial charge in [0.1, 0.15) is 5.75 Å². The summed E-state index contributed by atoms with van der Waals surface area (Å²) in [7, 11) is 0. The largest absolute Gasteiger partial charge is 0.494 e. The minimum atomic E-state index is -0.943. The van der Waals surface area contributed by atoms with E-state index in [2.05, 4.69) is 0 Å². The molecule has 21 heavy (non-hydrogen) atoms. The van der Waals surface area contributed by atoms with E-state index in [-0.39, 0.29) is 5.57 Å². The molecule has 0 unspecified atom stereocenters. The van der Waals surface area contributed by atoms with Crippen molar-refractivity contribution in [3.05, 3.63) is 65.7 Å². The van der Waals surface area contributed by atoms with Crippen molar-refractivity contribution in [2.24, 2.45) is 0 Å². The van der Waals surface area contributed by atoms with Crippen molar-refractivity contribution in [1.82, 2.24) is 0 Å². The van der Waals surface area contributed by atoms with Gasteiger partial charge in [0.25, 0.3) is 0 Å². The number of hydrogen-bond acceptors (Lipinski definition) is 2. The Morgan fingerprint density at radius 3 is 2.57 bits per heavy atom. The first kappa shape index (κ1) is 14.9. The summed E-state index contributed by atoms with van der Waals surface area (Å²) in [6.07, 6.45) is 2.60. The smallest absolute Gasteiger partial charge is 0.336 e. The number of ether oxygens (including phenoxy) is 1. The van der Waals surface area contributed by atoms with Gasteiger partial charge in [-0.1, -0.05) is 49.4 Å². The van der Waals surface area contributed by atoms with E-state index in [1.165, 1.54) is 0 Å². The molecule has 0 atom stereocenters. The van der Waals surface area contributed by atoms with Crippen LogP contribution in [0, 0.1) is 0 Å². The summed E-state index contributed by atoms with van der Waals surface area (Å²) in [6, 6.07) is 16.5. The molecule has 2 aromatic carbocycles. The molecule has 0 amide bonds. The number of rotatable bonds is 6. The topological polar surface area (TPSA) is 46.5 Å². The average molecular weight is 282 g/mol. The van der Waals surface area contributed by atoms with Crippen LogP contribution in [-0.4, -0.2) is 17.7 Å². The highest BCUT2D eigenvalue weighted by atomic mass is 16.5. The molecular weight excluding hydrogens is 264 g/mol. The fraction of sp³-hybridized carbons (Fsp3) is 0.167. The lowest BCUT2D eigenvalue weighted by atomic mass is 10.0. The number of hydrogen-bond donors (Lipinski definition) is 1. The molecule has 3 nitrogen and oxygen atoms in total. The predicted molar refractivity (Wildman–Crippen MR) is 84.2 cm³/mol. The molecule has 0 bridgehead atoms. The van der Waals surface area contributed by atoms with Crippen LogP contribution in [0.1, 0.15) is 24.5 Å². The van der Waals surface area contributed by atoms with Crippen LogP contribution in [0.25, 0.3) is 11.6 Å². The highest BCUT2D eigenvalue weighted by Crippen LogP contribution is 2.21. The lowest BCUT2D eigenvalue weighted by Crippen LogP contribution is -1.99. The highest BCUT2D eigenvalue weighted by Gasteiger charge is 2.10. The van der Waals surface area contributed by atoms with Gasteiger partial charge in [0.15, 0.2) is 0 Å². The molecule has 0 heterocycles. The molecule has 0 aliphatic rings. The summed E-state index contributed by atoms with van der Waals surface area (Å²) in [5.74, 6) is -0.190. The summed E-state index contributed by atoms with van der Waals surface area (Å²) >= 11 is 0. The van der Waals surface area contributed by atoms with Gasteiger partial charge < -0.3 is 9.84 Å². The molecule has 3 heteroatoms. The molecule has 1 N–H and O–H groups in total. The average Bonchev–Trinajstić information content (AvgIpc) is 2.51. The second-order valence-corrected chi connectivity index (χ2v) is 4.65. The molecular formula is C18H18O3. The van der Waals surface area contributed by atoms with Gasteiger partial charge in [-0.25, -0.2) is 4.79 Å². The summed E-state index contributed by atoms with van der Waals surface area (Å²) < 4.78 is 5.57. The van der Waals surface area contributed by atoms with Crippen LogP contribution in [-0.2, 0) is 4.79 Å². The maximum Gasteiger partial charge on any atom is 0.336 e. The third-order valence-electron chi connectivity index (χ3n) is 2.96. The highest BCUT2D eigenvalue weighted by molar-refractivity contribution is 6.20. The number of carboxylic acid groups (broad SMARTS) is 1. The zero-order valence-electron chi connectivity index (χ0n) is 12.0. The maximum absolute atomic E-state index is 11.5. The number of carbonyl (C=O) groups is 1. The molecule has 0 spiro atoms. The Balaban J connectivity index is 2.33. The Kier molecular flexibility index (Phi) is 5.16. The van der Waals surface area contributed by atoms with Gasteiger partial charge in [-0.2, -0.15) is 0 Å². The molecule has 2 aromatic rings. The molecule has 0 saturated heterocycles. The fourth-order valence-electron chi connectivity index (χ4n) is 1.97. The van der Waals surface area contributed by atoms with Gasteiger partial charge in [0, 0.05) is 0 Å². The minimum absolute atomic E-state index is 0.267. The number of benzene rings is 2. The zero-order chi connectivity index (χ0) is 15.1. The zero-order valence-corrected chi connectivity index (χ0v) is 12.0. The first-order chi connectivity index (χ1) is 10.2. The minimum Gasteiger partial charge on any atom is -0.494 e. The second-order valence-electron chi connectivity index (χ2n) is 4.65. The Morgan fingerprint density at radius 1 is 1.14 bits per heavy atom. The van der Waals surface area contributed by atoms with Crippen LogP contribution in [0.3, 0.4) is 0 Å². The predicted octanol–water partition coefficient (Wildman–Crippen LogP) is 4.10. The quantitative estimate of drug-likeness (QED) is 0.641. The Bertz CT molecular complexity index is 630. The van der Waals surface area contributed by atoms with Crippen molar-refractivity contribution in [3.63, 3.8) is 0 Å². The molecule has 0 fully saturated rings. The Hall–Kier alpha value is -2.55. The van der Waals surface area contributed by atoms with Gasteiger partial charge in [-0.15, -0.1) is 0 Å². The van der Waals surface area contributed by atoms with E-state index < -0.39 is 5.97 Å². The van der Waals surface area contributed by atoms with Crippen LogP contribution in [0.5, 0.6) is 5.75 Å². The van der Waals surface area contributed by atoms with Crippen molar-refractivity contribution in [3.8, 4) is 5.75 Å². The lowest BCUT2D eigenvalue weighted by Gasteiger charge is -2.06. The summed E-state index contributed by atoms with van der Waals surface area (Å²) in [5.41, 5.74) is 1.76. The molecule has 0 aliphatic heterocycles. The maximum atomic E-state index is 11.5. The SMILES string of the molecule is CCCOc1cccc(C=C(C(=O)O)c2ccccc2)c1. The van der Waals surface area contributed by atoms with Gasteiger partial charge in [0.2, 0.25) is 0 Å². The van der Waals surface area contributed by atoms with E-state index in [0.29, 0.717) is 12.2 Å². The van der Waals surface area contributed by atoms with E-state index in [9.17, 15) is 9.90 Å². The van der Waals surface area contributed by atoms with E-state index in [1.54, 1.807) is 18.2 Å². The number of carboxylic acids is 1. The van der Waals surface area contributed by atoms with Crippen LogP contribution in [0.15, 0.2) is 54.6 Å². The van der Waals surface area contributed by atoms with Crippen molar-refractivity contribution >= 4 is 17.6 Å². The molecule has 0 aromatic heterocycles. The molecule has 0 saturated carbocycles. The normalized spacial score (nSPS) is 11.2. The van der Waals surface area contributed by atoms with E-state index in [0.717, 1.165) is 17.7 Å². The monoisotopic (exact) mass is 282 g/mol. The van der Waals surface area contributed by atoms with Crippen molar-refractivity contribution in [1.29, 1.82) is 0 Å². The summed E-state index contributed by atoms with van der Waals surface area (Å²) in [4.78, 5) is 11.5. The van der Waals surface area contributed by atoms with Gasteiger partial charge >= 0.3 is 5.97 Å². The molecule has 0 aliphatic carbocycles. The van der Waals surface area contributed by atoms with Crippen LogP contribution < -0.4 is 4.74 Å². The third kappa shape index (κ3) is 4.21. The lowest BCUT2D eigenvalue weighted by molar-refractivity contribution is -0.130. The van der Waals surface area contributed by atoms with Crippen LogP contribution >= 0.6 is 0 Å².